The topological polar surface area (TPSA) is 102 Å². The van der Waals surface area contributed by atoms with E-state index in [1.165, 1.54) is 6.92 Å². The summed E-state index contributed by atoms with van der Waals surface area (Å²) in [5, 5.41) is 13.9. The molecule has 0 spiro atoms. The normalized spacial score (nSPS) is 14.4. The molecule has 1 amide bonds. The molecule has 0 aliphatic heterocycles. The maximum Gasteiger partial charge on any atom is 0.408 e. The van der Waals surface area contributed by atoms with Crippen LogP contribution >= 0.6 is 0 Å². The average molecular weight is 430 g/mol. The first-order valence-corrected chi connectivity index (χ1v) is 10.4. The second-order valence-corrected chi connectivity index (χ2v) is 8.59. The van der Waals surface area contributed by atoms with Gasteiger partial charge in [-0.05, 0) is 56.9 Å². The van der Waals surface area contributed by atoms with Crippen LogP contribution in [0.2, 0.25) is 0 Å². The third-order valence-corrected chi connectivity index (χ3v) is 4.83. The van der Waals surface area contributed by atoms with Crippen molar-refractivity contribution in [1.82, 2.24) is 5.32 Å². The molecule has 0 bridgehead atoms. The molecule has 2 N–H and O–H groups in total. The Balaban J connectivity index is 2.04. The van der Waals surface area contributed by atoms with Crippen LogP contribution < -0.4 is 5.32 Å². The number of hydrogen-bond acceptors (Lipinski definition) is 5. The van der Waals surface area contributed by atoms with Gasteiger partial charge in [-0.1, -0.05) is 49.4 Å². The van der Waals surface area contributed by atoms with E-state index in [4.69, 9.17) is 9.47 Å². The number of carboxylic acids is 1. The zero-order chi connectivity index (χ0) is 23.2. The maximum absolute atomic E-state index is 12.7. The molecule has 31 heavy (non-hydrogen) atoms. The van der Waals surface area contributed by atoms with E-state index in [1.807, 2.05) is 49.4 Å². The number of carbonyl (C=O) groups excluding carboxylic acids is 2. The van der Waals surface area contributed by atoms with Gasteiger partial charge in [-0.25, -0.2) is 9.59 Å². The fraction of sp³-hybridized carbons (Fsp3) is 0.458. The molecule has 2 rings (SSSR count). The number of alkyl carbamates (subject to hydrolysis) is 1. The van der Waals surface area contributed by atoms with E-state index in [-0.39, 0.29) is 0 Å². The molecule has 2 aromatic carbocycles. The number of fused-ring (bicyclic) bond motifs is 1. The number of aliphatic carboxylic acids is 1. The van der Waals surface area contributed by atoms with Gasteiger partial charge >= 0.3 is 18.0 Å². The number of carboxylic acid groups (broad SMARTS) is 1. The van der Waals surface area contributed by atoms with Crippen LogP contribution in [0.5, 0.6) is 0 Å². The molecule has 0 aliphatic rings. The minimum absolute atomic E-state index is 0.431. The van der Waals surface area contributed by atoms with Crippen LogP contribution in [0.25, 0.3) is 10.8 Å². The van der Waals surface area contributed by atoms with Gasteiger partial charge in [0.2, 0.25) is 0 Å². The van der Waals surface area contributed by atoms with Crippen molar-refractivity contribution >= 4 is 28.8 Å². The van der Waals surface area contributed by atoms with Crippen LogP contribution in [0.1, 0.15) is 46.6 Å². The average Bonchev–Trinajstić information content (AvgIpc) is 2.68. The minimum Gasteiger partial charge on any atom is -0.480 e. The highest BCUT2D eigenvalue weighted by Crippen LogP contribution is 2.21. The van der Waals surface area contributed by atoms with Gasteiger partial charge in [-0.15, -0.1) is 0 Å². The maximum atomic E-state index is 12.7. The lowest BCUT2D eigenvalue weighted by molar-refractivity contribution is -0.158. The Morgan fingerprint density at radius 1 is 1.06 bits per heavy atom. The summed E-state index contributed by atoms with van der Waals surface area (Å²) in [5.74, 6) is -2.24. The summed E-state index contributed by atoms with van der Waals surface area (Å²) in [6.45, 7) is 8.33. The van der Waals surface area contributed by atoms with Crippen LogP contribution in [0.3, 0.4) is 0 Å². The van der Waals surface area contributed by atoms with Crippen molar-refractivity contribution in [2.24, 2.45) is 5.92 Å². The van der Waals surface area contributed by atoms with E-state index in [9.17, 15) is 19.5 Å². The fourth-order valence-electron chi connectivity index (χ4n) is 3.21. The standard InChI is InChI=1S/C24H31NO6/c1-6-17(13-16-11-12-18-9-7-8-10-19(18)14-16)22(28)30-15(2)20(21(26)27)25-23(29)31-24(3,4)5/h7-12,14-15,17,20H,6,13H2,1-5H3,(H,25,29)(H,26,27)/t15-,17+,20+/m1/s1. The third kappa shape index (κ3) is 7.27. The van der Waals surface area contributed by atoms with Gasteiger partial charge in [0.15, 0.2) is 6.04 Å². The molecule has 2 aromatic rings. The molecule has 7 nitrogen and oxygen atoms in total. The van der Waals surface area contributed by atoms with E-state index in [2.05, 4.69) is 5.32 Å². The number of ether oxygens (including phenoxy) is 2. The summed E-state index contributed by atoms with van der Waals surface area (Å²) in [4.78, 5) is 36.3. The predicted molar refractivity (Wildman–Crippen MR) is 118 cm³/mol. The van der Waals surface area contributed by atoms with E-state index < -0.39 is 41.7 Å². The van der Waals surface area contributed by atoms with Crippen LogP contribution in [-0.2, 0) is 25.5 Å². The first-order chi connectivity index (χ1) is 14.5. The Bertz CT molecular complexity index is 933. The number of carbonyl (C=O) groups is 3. The molecular weight excluding hydrogens is 398 g/mol. The first-order valence-electron chi connectivity index (χ1n) is 10.4. The van der Waals surface area contributed by atoms with Crippen LogP contribution in [0, 0.1) is 5.92 Å². The molecule has 0 radical (unpaired) electrons. The van der Waals surface area contributed by atoms with Crippen molar-refractivity contribution in [2.75, 3.05) is 0 Å². The molecule has 0 saturated heterocycles. The molecule has 0 unspecified atom stereocenters. The fourth-order valence-corrected chi connectivity index (χ4v) is 3.21. The number of rotatable bonds is 8. The number of hydrogen-bond donors (Lipinski definition) is 2. The lowest BCUT2D eigenvalue weighted by Gasteiger charge is -2.26. The largest absolute Gasteiger partial charge is 0.480 e. The molecule has 168 valence electrons. The highest BCUT2D eigenvalue weighted by Gasteiger charge is 2.32. The van der Waals surface area contributed by atoms with Crippen LogP contribution in [0.15, 0.2) is 42.5 Å². The molecule has 0 aromatic heterocycles. The van der Waals surface area contributed by atoms with Crippen LogP contribution in [0.4, 0.5) is 4.79 Å². The van der Waals surface area contributed by atoms with E-state index in [0.29, 0.717) is 12.8 Å². The Morgan fingerprint density at radius 2 is 1.71 bits per heavy atom. The van der Waals surface area contributed by atoms with Gasteiger partial charge < -0.3 is 19.9 Å². The van der Waals surface area contributed by atoms with Gasteiger partial charge in [0, 0.05) is 0 Å². The Morgan fingerprint density at radius 3 is 2.29 bits per heavy atom. The van der Waals surface area contributed by atoms with E-state index >= 15 is 0 Å². The van der Waals surface area contributed by atoms with E-state index in [0.717, 1.165) is 16.3 Å². The van der Waals surface area contributed by atoms with Crippen molar-refractivity contribution in [3.05, 3.63) is 48.0 Å². The second kappa shape index (κ2) is 10.3. The van der Waals surface area contributed by atoms with E-state index in [1.54, 1.807) is 20.8 Å². The van der Waals surface area contributed by atoms with Crippen molar-refractivity contribution in [3.63, 3.8) is 0 Å². The highest BCUT2D eigenvalue weighted by atomic mass is 16.6. The monoisotopic (exact) mass is 429 g/mol. The lowest BCUT2D eigenvalue weighted by Crippen LogP contribution is -2.50. The molecule has 0 fully saturated rings. The molecule has 3 atom stereocenters. The lowest BCUT2D eigenvalue weighted by atomic mass is 9.95. The molecule has 0 saturated carbocycles. The number of esters is 1. The van der Waals surface area contributed by atoms with Crippen molar-refractivity contribution in [2.45, 2.75) is 65.2 Å². The minimum atomic E-state index is -1.42. The summed E-state index contributed by atoms with van der Waals surface area (Å²) in [6.07, 6.45) is -0.936. The second-order valence-electron chi connectivity index (χ2n) is 8.59. The van der Waals surface area contributed by atoms with Gasteiger partial charge in [0.1, 0.15) is 11.7 Å². The summed E-state index contributed by atoms with van der Waals surface area (Å²) in [7, 11) is 0. The SMILES string of the molecule is CC[C@@H](Cc1ccc2ccccc2c1)C(=O)O[C@H](C)[C@H](NC(=O)OC(C)(C)C)C(=O)O. The summed E-state index contributed by atoms with van der Waals surface area (Å²) in [6, 6.07) is 12.6. The first kappa shape index (κ1) is 24.2. The summed E-state index contributed by atoms with van der Waals surface area (Å²) in [5.41, 5.74) is 0.219. The zero-order valence-corrected chi connectivity index (χ0v) is 18.7. The molecule has 0 aliphatic carbocycles. The Labute approximate surface area is 182 Å². The van der Waals surface area contributed by atoms with Gasteiger partial charge in [0.05, 0.1) is 5.92 Å². The number of amides is 1. The number of benzene rings is 2. The van der Waals surface area contributed by atoms with Crippen molar-refractivity contribution in [3.8, 4) is 0 Å². The zero-order valence-electron chi connectivity index (χ0n) is 18.7. The molecule has 0 heterocycles. The summed E-state index contributed by atoms with van der Waals surface area (Å²) >= 11 is 0. The Kier molecular flexibility index (Phi) is 8.02. The smallest absolute Gasteiger partial charge is 0.408 e. The molecule has 7 heteroatoms. The van der Waals surface area contributed by atoms with Crippen LogP contribution in [-0.4, -0.2) is 40.9 Å². The highest BCUT2D eigenvalue weighted by molar-refractivity contribution is 5.83. The Hall–Kier alpha value is -3.09. The molecular formula is C24H31NO6. The summed E-state index contributed by atoms with van der Waals surface area (Å²) < 4.78 is 10.5. The van der Waals surface area contributed by atoms with Crippen molar-refractivity contribution in [1.29, 1.82) is 0 Å². The third-order valence-electron chi connectivity index (χ3n) is 4.83. The quantitative estimate of drug-likeness (QED) is 0.606. The number of nitrogens with one attached hydrogen (secondary N) is 1. The predicted octanol–water partition coefficient (Wildman–Crippen LogP) is 4.32. The van der Waals surface area contributed by atoms with Gasteiger partial charge in [-0.3, -0.25) is 4.79 Å². The van der Waals surface area contributed by atoms with Gasteiger partial charge in [0.25, 0.3) is 0 Å². The van der Waals surface area contributed by atoms with Crippen molar-refractivity contribution < 1.29 is 29.0 Å². The van der Waals surface area contributed by atoms with Gasteiger partial charge in [-0.2, -0.15) is 0 Å².